The topological polar surface area (TPSA) is 120 Å². The number of carbonyl (C=O) groups is 1. The molecule has 0 bridgehead atoms. The van der Waals surface area contributed by atoms with Crippen LogP contribution >= 0.6 is 0 Å². The van der Waals surface area contributed by atoms with Crippen molar-refractivity contribution in [2.24, 2.45) is 7.05 Å². The number of nitrogens with zero attached hydrogens (tertiary/aromatic N) is 4. The van der Waals surface area contributed by atoms with E-state index >= 15 is 0 Å². The van der Waals surface area contributed by atoms with E-state index in [0.717, 1.165) is 0 Å². The lowest BCUT2D eigenvalue weighted by Gasteiger charge is -2.09. The fourth-order valence-electron chi connectivity index (χ4n) is 1.70. The van der Waals surface area contributed by atoms with Crippen molar-refractivity contribution in [1.29, 1.82) is 0 Å². The van der Waals surface area contributed by atoms with E-state index in [9.17, 15) is 14.9 Å². The molecule has 0 spiro atoms. The summed E-state index contributed by atoms with van der Waals surface area (Å²) < 4.78 is 6.97. The third-order valence-electron chi connectivity index (χ3n) is 2.95. The first-order valence-corrected chi connectivity index (χ1v) is 5.90. The van der Waals surface area contributed by atoms with Crippen LogP contribution < -0.4 is 4.74 Å². The van der Waals surface area contributed by atoms with Crippen molar-refractivity contribution in [2.75, 3.05) is 0 Å². The Labute approximate surface area is 118 Å². The van der Waals surface area contributed by atoms with E-state index in [1.165, 1.54) is 18.2 Å². The Hall–Kier alpha value is -2.97. The second-order valence-electron chi connectivity index (χ2n) is 4.23. The van der Waals surface area contributed by atoms with E-state index < -0.39 is 16.6 Å². The molecule has 21 heavy (non-hydrogen) atoms. The fraction of sp³-hybridized carbons (Fsp3) is 0.250. The Morgan fingerprint density at radius 1 is 1.48 bits per heavy atom. The molecule has 0 saturated carbocycles. The quantitative estimate of drug-likeness (QED) is 0.651. The molecule has 1 N–H and O–H groups in total. The highest BCUT2D eigenvalue weighted by Gasteiger charge is 2.23. The Bertz CT molecular complexity index is 677. The number of aromatic nitrogens is 3. The van der Waals surface area contributed by atoms with Crippen LogP contribution in [0.2, 0.25) is 0 Å². The third-order valence-corrected chi connectivity index (χ3v) is 2.95. The van der Waals surface area contributed by atoms with E-state index in [0.29, 0.717) is 11.6 Å². The molecular formula is C12H12N4O5. The van der Waals surface area contributed by atoms with Gasteiger partial charge in [0.25, 0.3) is 0 Å². The lowest BCUT2D eigenvalue weighted by atomic mass is 10.2. The molecule has 0 aliphatic heterocycles. The summed E-state index contributed by atoms with van der Waals surface area (Å²) in [6, 6.07) is 3.72. The van der Waals surface area contributed by atoms with Crippen LogP contribution in [-0.4, -0.2) is 30.8 Å². The first-order chi connectivity index (χ1) is 9.91. The molecule has 0 radical (unpaired) electrons. The van der Waals surface area contributed by atoms with Gasteiger partial charge in [-0.1, -0.05) is 6.07 Å². The van der Waals surface area contributed by atoms with Crippen molar-refractivity contribution in [3.63, 3.8) is 0 Å². The van der Waals surface area contributed by atoms with E-state index in [2.05, 4.69) is 10.2 Å². The van der Waals surface area contributed by atoms with Gasteiger partial charge in [-0.25, -0.2) is 4.79 Å². The molecule has 1 aromatic heterocycles. The van der Waals surface area contributed by atoms with Gasteiger partial charge in [0.15, 0.2) is 5.82 Å². The van der Waals surface area contributed by atoms with Gasteiger partial charge in [-0.05, 0) is 13.0 Å². The second kappa shape index (κ2) is 5.57. The van der Waals surface area contributed by atoms with Crippen molar-refractivity contribution >= 4 is 11.7 Å². The fourth-order valence-corrected chi connectivity index (χ4v) is 1.70. The highest BCUT2D eigenvalue weighted by molar-refractivity contribution is 5.92. The average molecular weight is 292 g/mol. The number of rotatable bonds is 5. The molecule has 0 fully saturated rings. The third kappa shape index (κ3) is 2.81. The van der Waals surface area contributed by atoms with E-state index in [1.54, 1.807) is 18.5 Å². The minimum absolute atomic E-state index is 0.123. The van der Waals surface area contributed by atoms with Gasteiger partial charge in [-0.3, -0.25) is 10.1 Å². The molecular weight excluding hydrogens is 280 g/mol. The highest BCUT2D eigenvalue weighted by atomic mass is 16.6. The summed E-state index contributed by atoms with van der Waals surface area (Å²) in [7, 11) is 1.71. The summed E-state index contributed by atoms with van der Waals surface area (Å²) in [5.74, 6) is -0.518. The number of carboxylic acid groups (broad SMARTS) is 1. The minimum atomic E-state index is -1.30. The summed E-state index contributed by atoms with van der Waals surface area (Å²) >= 11 is 0. The highest BCUT2D eigenvalue weighted by Crippen LogP contribution is 2.31. The summed E-state index contributed by atoms with van der Waals surface area (Å²) in [5.41, 5.74) is -0.683. The first-order valence-electron chi connectivity index (χ1n) is 5.90. The van der Waals surface area contributed by atoms with E-state index in [1.807, 2.05) is 0 Å². The molecule has 0 amide bonds. The van der Waals surface area contributed by atoms with Crippen molar-refractivity contribution in [3.05, 3.63) is 45.5 Å². The molecule has 9 nitrogen and oxygen atoms in total. The van der Waals surface area contributed by atoms with Gasteiger partial charge in [-0.15, -0.1) is 10.2 Å². The predicted molar refractivity (Wildman–Crippen MR) is 70.1 cm³/mol. The Morgan fingerprint density at radius 3 is 2.71 bits per heavy atom. The molecule has 0 saturated heterocycles. The van der Waals surface area contributed by atoms with Crippen LogP contribution in [0.3, 0.4) is 0 Å². The van der Waals surface area contributed by atoms with Crippen molar-refractivity contribution < 1.29 is 19.6 Å². The van der Waals surface area contributed by atoms with Crippen LogP contribution in [0.4, 0.5) is 5.69 Å². The normalized spacial score (nSPS) is 10.4. The van der Waals surface area contributed by atoms with Crippen LogP contribution in [0.15, 0.2) is 18.2 Å². The molecule has 0 unspecified atom stereocenters. The number of hydrogen-bond donors (Lipinski definition) is 1. The lowest BCUT2D eigenvalue weighted by Crippen LogP contribution is -2.09. The number of ether oxygens (including phenoxy) is 1. The number of carboxylic acids is 1. The number of benzene rings is 1. The zero-order valence-electron chi connectivity index (χ0n) is 11.3. The molecule has 0 aliphatic rings. The van der Waals surface area contributed by atoms with Crippen molar-refractivity contribution in [1.82, 2.24) is 14.8 Å². The Morgan fingerprint density at radius 2 is 2.19 bits per heavy atom. The van der Waals surface area contributed by atoms with Gasteiger partial charge >= 0.3 is 11.7 Å². The van der Waals surface area contributed by atoms with Gasteiger partial charge in [0.05, 0.1) is 4.92 Å². The van der Waals surface area contributed by atoms with Gasteiger partial charge in [0.1, 0.15) is 18.0 Å². The van der Waals surface area contributed by atoms with Crippen LogP contribution in [0.1, 0.15) is 22.0 Å². The summed E-state index contributed by atoms with van der Waals surface area (Å²) in [6.07, 6.45) is 0. The summed E-state index contributed by atoms with van der Waals surface area (Å²) in [4.78, 5) is 21.4. The smallest absolute Gasteiger partial charge is 0.339 e. The van der Waals surface area contributed by atoms with Crippen LogP contribution in [-0.2, 0) is 13.7 Å². The zero-order valence-corrected chi connectivity index (χ0v) is 11.3. The van der Waals surface area contributed by atoms with Crippen molar-refractivity contribution in [2.45, 2.75) is 13.5 Å². The largest absolute Gasteiger partial charge is 0.478 e. The van der Waals surface area contributed by atoms with Gasteiger partial charge in [0.2, 0.25) is 5.75 Å². The minimum Gasteiger partial charge on any atom is -0.478 e. The van der Waals surface area contributed by atoms with E-state index in [4.69, 9.17) is 9.84 Å². The Kier molecular flexibility index (Phi) is 3.83. The van der Waals surface area contributed by atoms with Crippen LogP contribution in [0.5, 0.6) is 5.75 Å². The lowest BCUT2D eigenvalue weighted by molar-refractivity contribution is -0.386. The van der Waals surface area contributed by atoms with E-state index in [-0.39, 0.29) is 17.9 Å². The maximum Gasteiger partial charge on any atom is 0.339 e. The average Bonchev–Trinajstić information content (AvgIpc) is 2.76. The number of para-hydroxylation sites is 1. The molecule has 2 rings (SSSR count). The Balaban J connectivity index is 2.36. The monoisotopic (exact) mass is 292 g/mol. The molecule has 110 valence electrons. The second-order valence-corrected chi connectivity index (χ2v) is 4.23. The number of hydrogen-bond acceptors (Lipinski definition) is 6. The number of nitro benzene ring substituents is 1. The first kappa shape index (κ1) is 14.4. The van der Waals surface area contributed by atoms with Gasteiger partial charge < -0.3 is 14.4 Å². The van der Waals surface area contributed by atoms with Gasteiger partial charge in [-0.2, -0.15) is 0 Å². The molecule has 2 aromatic rings. The molecule has 9 heteroatoms. The maximum absolute atomic E-state index is 11.1. The van der Waals surface area contributed by atoms with Crippen LogP contribution in [0, 0.1) is 17.0 Å². The molecule has 1 heterocycles. The predicted octanol–water partition coefficient (Wildman–Crippen LogP) is 1.31. The zero-order chi connectivity index (χ0) is 15.6. The number of nitro groups is 1. The molecule has 0 aliphatic carbocycles. The summed E-state index contributed by atoms with van der Waals surface area (Å²) in [6.45, 7) is 1.62. The standard InChI is InChI=1S/C12H12N4O5/c1-7-13-14-10(15(7)2)6-21-11-8(12(17)18)4-3-5-9(11)16(19)20/h3-5H,6H2,1-2H3,(H,17,18). The summed E-state index contributed by atoms with van der Waals surface area (Å²) in [5, 5.41) is 27.7. The number of aromatic carboxylic acids is 1. The molecule has 0 atom stereocenters. The molecule has 1 aromatic carbocycles. The number of aryl methyl sites for hydroxylation is 1. The van der Waals surface area contributed by atoms with Crippen LogP contribution in [0.25, 0.3) is 0 Å². The van der Waals surface area contributed by atoms with Crippen molar-refractivity contribution in [3.8, 4) is 5.75 Å². The maximum atomic E-state index is 11.1. The SMILES string of the molecule is Cc1nnc(COc2c(C(=O)O)cccc2[N+](=O)[O-])n1C. The van der Waals surface area contributed by atoms with Gasteiger partial charge in [0, 0.05) is 13.1 Å².